The SMILES string of the molecule is CC[C@H](C)[C@H](N)C(=O)N[C@@H](CC(C)C)C(=O)NCC(=O)N[C@H](C(=O)N[C@H](C(=O)N[C@@H](CC(C)C)C(=O)NCC(=O)N[C@@H](CC(C)C)C(=O)N[C@@H](CC(C)C)C(=O)N[C@@H](CCCCN)C(=O)N[C@@H](CO)C(=O)N[C@@H](CC(C)C)C(N)=O)[C@@H](C)CC)[C@@H](C)O. The number of nitrogens with one attached hydrogen (secondary N) is 11. The summed E-state index contributed by atoms with van der Waals surface area (Å²) in [6, 6.07) is -12.4. The maximum Gasteiger partial charge on any atom is 0.245 e. The normalized spacial score (nSPS) is 16.0. The van der Waals surface area contributed by atoms with Crippen molar-refractivity contribution in [3.63, 3.8) is 0 Å². The summed E-state index contributed by atoms with van der Waals surface area (Å²) in [6.07, 6.45) is 1.06. The van der Waals surface area contributed by atoms with E-state index in [-0.39, 0.29) is 80.6 Å². The van der Waals surface area contributed by atoms with E-state index in [2.05, 4.69) is 58.5 Å². The molecule has 19 N–H and O–H groups in total. The molecule has 0 rings (SSSR count). The van der Waals surface area contributed by atoms with Gasteiger partial charge in [-0.05, 0) is 106 Å². The third-order valence-corrected chi connectivity index (χ3v) is 14.4. The van der Waals surface area contributed by atoms with Crippen LogP contribution in [0.1, 0.15) is 168 Å². The van der Waals surface area contributed by atoms with Gasteiger partial charge < -0.3 is 85.9 Å². The number of aliphatic hydroxyl groups is 2. The second-order valence-electron chi connectivity index (χ2n) is 25.0. The lowest BCUT2D eigenvalue weighted by Crippen LogP contribution is -2.61. The monoisotopic (exact) mass is 1240 g/mol. The van der Waals surface area contributed by atoms with Gasteiger partial charge in [-0.1, -0.05) is 110 Å². The zero-order valence-corrected chi connectivity index (χ0v) is 54.3. The van der Waals surface area contributed by atoms with Crippen molar-refractivity contribution in [1.29, 1.82) is 0 Å². The molecule has 28 nitrogen and oxygen atoms in total. The molecule has 0 aliphatic heterocycles. The highest BCUT2D eigenvalue weighted by Crippen LogP contribution is 2.15. The van der Waals surface area contributed by atoms with Gasteiger partial charge in [0.2, 0.25) is 70.9 Å². The van der Waals surface area contributed by atoms with Gasteiger partial charge in [0.15, 0.2) is 0 Å². The summed E-state index contributed by atoms with van der Waals surface area (Å²) in [6.45, 7) is 24.6. The molecule has 0 saturated carbocycles. The predicted molar refractivity (Wildman–Crippen MR) is 328 cm³/mol. The number of nitrogens with two attached hydrogens (primary N) is 3. The second kappa shape index (κ2) is 41.6. The Morgan fingerprint density at radius 1 is 0.391 bits per heavy atom. The number of hydrogen-bond acceptors (Lipinski definition) is 16. The lowest BCUT2D eigenvalue weighted by Gasteiger charge is -2.29. The van der Waals surface area contributed by atoms with Crippen LogP contribution in [0.3, 0.4) is 0 Å². The third kappa shape index (κ3) is 31.8. The van der Waals surface area contributed by atoms with Crippen LogP contribution in [-0.2, 0) is 57.5 Å². The molecule has 500 valence electrons. The molecule has 0 saturated heterocycles. The van der Waals surface area contributed by atoms with E-state index in [4.69, 9.17) is 17.2 Å². The van der Waals surface area contributed by atoms with Gasteiger partial charge in [-0.25, -0.2) is 0 Å². The minimum absolute atomic E-state index is 0.0305. The van der Waals surface area contributed by atoms with Crippen LogP contribution in [0, 0.1) is 41.4 Å². The Morgan fingerprint density at radius 3 is 1.15 bits per heavy atom. The molecular weight excluding hydrogens is 1130 g/mol. The quantitative estimate of drug-likeness (QED) is 0.0300. The first-order valence-corrected chi connectivity index (χ1v) is 30.8. The van der Waals surface area contributed by atoms with E-state index in [0.29, 0.717) is 25.7 Å². The molecule has 0 radical (unpaired) electrons. The van der Waals surface area contributed by atoms with E-state index in [1.807, 2.05) is 41.5 Å². The molecule has 13 atom stereocenters. The van der Waals surface area contributed by atoms with Gasteiger partial charge in [-0.2, -0.15) is 0 Å². The molecule has 0 unspecified atom stereocenters. The van der Waals surface area contributed by atoms with Crippen molar-refractivity contribution in [3.8, 4) is 0 Å². The van der Waals surface area contributed by atoms with Gasteiger partial charge in [0, 0.05) is 0 Å². The van der Waals surface area contributed by atoms with Gasteiger partial charge in [0.1, 0.15) is 54.4 Å². The average molecular weight is 1240 g/mol. The van der Waals surface area contributed by atoms with Crippen molar-refractivity contribution >= 4 is 70.9 Å². The maximum absolute atomic E-state index is 14.1. The molecule has 0 heterocycles. The Hall–Kier alpha value is -6.52. The number of unbranched alkanes of at least 4 members (excludes halogenated alkanes) is 1. The molecule has 28 heteroatoms. The number of hydrogen-bond donors (Lipinski definition) is 16. The van der Waals surface area contributed by atoms with E-state index in [0.717, 1.165) is 0 Å². The van der Waals surface area contributed by atoms with Crippen LogP contribution in [0.2, 0.25) is 0 Å². The van der Waals surface area contributed by atoms with Crippen molar-refractivity contribution in [3.05, 3.63) is 0 Å². The zero-order valence-electron chi connectivity index (χ0n) is 54.3. The lowest BCUT2D eigenvalue weighted by molar-refractivity contribution is -0.136. The van der Waals surface area contributed by atoms with Crippen LogP contribution in [0.4, 0.5) is 0 Å². The van der Waals surface area contributed by atoms with E-state index < -0.39 is 163 Å². The van der Waals surface area contributed by atoms with Gasteiger partial charge in [0.25, 0.3) is 0 Å². The number of primary amides is 1. The van der Waals surface area contributed by atoms with E-state index >= 15 is 0 Å². The molecule has 0 aromatic carbocycles. The molecule has 87 heavy (non-hydrogen) atoms. The Morgan fingerprint density at radius 2 is 0.736 bits per heavy atom. The molecule has 0 aliphatic rings. The number of amides is 12. The first-order valence-electron chi connectivity index (χ1n) is 30.8. The Kier molecular flexibility index (Phi) is 38.5. The standard InChI is InChI=1S/C59H110N14O14/c1-16-35(13)47(61)57(85)69-40(23-31(5)6)51(79)64-28-46(77)72-49(37(15)75)59(87)73-48(36(14)17-2)58(86)70-41(24-32(7)8)52(80)63-27-45(76)65-42(25-33(9)10)54(82)68-43(26-34(11)12)55(83)66-38(20-18-19-21-60)53(81)71-44(29-74)56(84)67-39(50(62)78)22-30(3)4/h30-44,47-49,74-75H,16-29,60-61H2,1-15H3,(H2,62,78)(H,63,80)(H,64,79)(H,65,76)(H,66,83)(H,67,84)(H,68,82)(H,69,85)(H,70,86)(H,71,81)(H,72,77)(H,73,87)/t35-,36-,37+,38-,39-,40-,41-,42-,43-,44-,47-,48-,49-/m0/s1. The van der Waals surface area contributed by atoms with Crippen molar-refractivity contribution in [2.24, 2.45) is 58.6 Å². The summed E-state index contributed by atoms with van der Waals surface area (Å²) in [5.41, 5.74) is 17.3. The molecular formula is C59H110N14O14. The van der Waals surface area contributed by atoms with Gasteiger partial charge in [-0.15, -0.1) is 0 Å². The van der Waals surface area contributed by atoms with Crippen LogP contribution in [0.15, 0.2) is 0 Å². The fourth-order valence-corrected chi connectivity index (χ4v) is 9.02. The van der Waals surface area contributed by atoms with Crippen molar-refractivity contribution in [1.82, 2.24) is 58.5 Å². The summed E-state index contributed by atoms with van der Waals surface area (Å²) < 4.78 is 0. The molecule has 0 aromatic rings. The third-order valence-electron chi connectivity index (χ3n) is 14.4. The zero-order chi connectivity index (χ0) is 67.0. The smallest absolute Gasteiger partial charge is 0.245 e. The summed E-state index contributed by atoms with van der Waals surface area (Å²) in [4.78, 5) is 162. The highest BCUT2D eigenvalue weighted by Gasteiger charge is 2.37. The van der Waals surface area contributed by atoms with Crippen LogP contribution < -0.4 is 75.7 Å². The second-order valence-corrected chi connectivity index (χ2v) is 25.0. The number of rotatable bonds is 43. The molecule has 0 spiro atoms. The number of aliphatic hydroxyl groups excluding tert-OH is 2. The molecule has 0 aromatic heterocycles. The largest absolute Gasteiger partial charge is 0.394 e. The van der Waals surface area contributed by atoms with Crippen molar-refractivity contribution < 1.29 is 67.7 Å². The summed E-state index contributed by atoms with van der Waals surface area (Å²) in [7, 11) is 0. The average Bonchev–Trinajstić information content (AvgIpc) is 3.25. The molecule has 0 fully saturated rings. The fourth-order valence-electron chi connectivity index (χ4n) is 9.02. The molecule has 0 aliphatic carbocycles. The minimum atomic E-state index is -1.61. The lowest BCUT2D eigenvalue weighted by atomic mass is 9.96. The predicted octanol–water partition coefficient (Wildman–Crippen LogP) is -1.78. The summed E-state index contributed by atoms with van der Waals surface area (Å²) >= 11 is 0. The number of carbonyl (C=O) groups excluding carboxylic acids is 12. The highest BCUT2D eigenvalue weighted by atomic mass is 16.3. The maximum atomic E-state index is 14.1. The minimum Gasteiger partial charge on any atom is -0.394 e. The Bertz CT molecular complexity index is 2230. The van der Waals surface area contributed by atoms with Crippen molar-refractivity contribution in [2.45, 2.75) is 235 Å². The van der Waals surface area contributed by atoms with E-state index in [1.54, 1.807) is 55.4 Å². The van der Waals surface area contributed by atoms with Gasteiger partial charge >= 0.3 is 0 Å². The fraction of sp³-hybridized carbons (Fsp3) is 0.797. The molecule has 12 amide bonds. The first-order chi connectivity index (χ1) is 40.5. The Labute approximate surface area is 515 Å². The van der Waals surface area contributed by atoms with Crippen LogP contribution in [0.25, 0.3) is 0 Å². The van der Waals surface area contributed by atoms with Crippen LogP contribution in [0.5, 0.6) is 0 Å². The topological polar surface area (TPSA) is 456 Å². The van der Waals surface area contributed by atoms with Gasteiger partial charge in [-0.3, -0.25) is 57.5 Å². The number of carbonyl (C=O) groups is 12. The van der Waals surface area contributed by atoms with Crippen molar-refractivity contribution in [2.75, 3.05) is 26.2 Å². The van der Waals surface area contributed by atoms with Crippen LogP contribution >= 0.6 is 0 Å². The summed E-state index contributed by atoms with van der Waals surface area (Å²) in [5, 5.41) is 49.0. The van der Waals surface area contributed by atoms with Gasteiger partial charge in [0.05, 0.1) is 31.8 Å². The summed E-state index contributed by atoms with van der Waals surface area (Å²) in [5.74, 6) is -10.7. The van der Waals surface area contributed by atoms with E-state index in [1.165, 1.54) is 6.92 Å². The Balaban J connectivity index is 6.32. The van der Waals surface area contributed by atoms with Crippen LogP contribution in [-0.4, -0.2) is 174 Å². The molecule has 0 bridgehead atoms. The highest BCUT2D eigenvalue weighted by molar-refractivity contribution is 5.98. The van der Waals surface area contributed by atoms with E-state index in [9.17, 15) is 67.7 Å². The first kappa shape index (κ1) is 80.5.